The summed E-state index contributed by atoms with van der Waals surface area (Å²) in [5.41, 5.74) is 1.95. The monoisotopic (exact) mass is 244 g/mol. The normalized spacial score (nSPS) is 10.6. The van der Waals surface area contributed by atoms with E-state index in [-0.39, 0.29) is 0 Å². The van der Waals surface area contributed by atoms with E-state index in [0.717, 1.165) is 17.1 Å². The lowest BCUT2D eigenvalue weighted by atomic mass is 10.2. The summed E-state index contributed by atoms with van der Waals surface area (Å²) in [5.74, 6) is 0.788. The van der Waals surface area contributed by atoms with Crippen LogP contribution in [0.5, 0.6) is 0 Å². The molecule has 3 rings (SSSR count). The molecule has 4 nitrogen and oxygen atoms in total. The molecule has 3 heterocycles. The van der Waals surface area contributed by atoms with Crippen molar-refractivity contribution in [2.75, 3.05) is 0 Å². The molecule has 0 bridgehead atoms. The highest BCUT2D eigenvalue weighted by Gasteiger charge is 2.02. The topological polar surface area (TPSA) is 46.5 Å². The molecule has 0 atom stereocenters. The van der Waals surface area contributed by atoms with E-state index < -0.39 is 0 Å². The number of pyridine rings is 1. The molecule has 0 aliphatic carbocycles. The number of hydrogen-bond acceptors (Lipinski definition) is 2. The van der Waals surface area contributed by atoms with Gasteiger partial charge in [-0.2, -0.15) is 5.10 Å². The van der Waals surface area contributed by atoms with Gasteiger partial charge in [0, 0.05) is 29.8 Å². The van der Waals surface area contributed by atoms with Gasteiger partial charge in [-0.05, 0) is 30.3 Å². The number of aromatic amines is 1. The highest BCUT2D eigenvalue weighted by molar-refractivity contribution is 6.29. The van der Waals surface area contributed by atoms with E-state index in [1.165, 1.54) is 0 Å². The third-order valence-corrected chi connectivity index (χ3v) is 2.67. The van der Waals surface area contributed by atoms with Crippen molar-refractivity contribution in [2.24, 2.45) is 0 Å². The number of aromatic nitrogens is 4. The molecule has 84 valence electrons. The van der Waals surface area contributed by atoms with Crippen molar-refractivity contribution in [3.8, 4) is 17.1 Å². The second kappa shape index (κ2) is 4.07. The summed E-state index contributed by atoms with van der Waals surface area (Å²) >= 11 is 5.83. The maximum Gasteiger partial charge on any atom is 0.153 e. The molecule has 3 aromatic rings. The zero-order valence-corrected chi connectivity index (χ0v) is 9.59. The maximum absolute atomic E-state index is 5.83. The number of H-pyrrole nitrogens is 1. The Morgan fingerprint density at radius 1 is 1.18 bits per heavy atom. The van der Waals surface area contributed by atoms with E-state index >= 15 is 0 Å². The zero-order chi connectivity index (χ0) is 11.7. The van der Waals surface area contributed by atoms with Crippen molar-refractivity contribution < 1.29 is 0 Å². The van der Waals surface area contributed by atoms with Gasteiger partial charge in [0.25, 0.3) is 0 Å². The molecule has 5 heteroatoms. The second-order valence-electron chi connectivity index (χ2n) is 3.58. The van der Waals surface area contributed by atoms with E-state index in [4.69, 9.17) is 11.6 Å². The Bertz CT molecular complexity index is 610. The van der Waals surface area contributed by atoms with Gasteiger partial charge in [-0.3, -0.25) is 0 Å². The van der Waals surface area contributed by atoms with Crippen LogP contribution < -0.4 is 0 Å². The van der Waals surface area contributed by atoms with Gasteiger partial charge in [0.05, 0.1) is 0 Å². The van der Waals surface area contributed by atoms with Crippen LogP contribution in [0.4, 0.5) is 0 Å². The summed E-state index contributed by atoms with van der Waals surface area (Å²) in [6.07, 6.45) is 5.37. The Balaban J connectivity index is 1.95. The van der Waals surface area contributed by atoms with Gasteiger partial charge in [0.2, 0.25) is 0 Å². The van der Waals surface area contributed by atoms with Crippen molar-refractivity contribution in [1.82, 2.24) is 19.7 Å². The fourth-order valence-electron chi connectivity index (χ4n) is 1.62. The van der Waals surface area contributed by atoms with Crippen molar-refractivity contribution in [3.05, 3.63) is 54.1 Å². The van der Waals surface area contributed by atoms with Crippen molar-refractivity contribution in [1.29, 1.82) is 0 Å². The molecule has 0 saturated heterocycles. The first-order valence-corrected chi connectivity index (χ1v) is 5.52. The summed E-state index contributed by atoms with van der Waals surface area (Å²) in [5, 5.41) is 4.74. The smallest absolute Gasteiger partial charge is 0.153 e. The number of hydrogen-bond donors (Lipinski definition) is 1. The molecule has 0 unspecified atom stereocenters. The Morgan fingerprint density at radius 3 is 2.71 bits per heavy atom. The molecule has 0 fully saturated rings. The molecule has 17 heavy (non-hydrogen) atoms. The molecular formula is C12H9ClN4. The van der Waals surface area contributed by atoms with E-state index in [9.17, 15) is 0 Å². The predicted octanol–water partition coefficient (Wildman–Crippen LogP) is 2.92. The van der Waals surface area contributed by atoms with E-state index in [2.05, 4.69) is 15.1 Å². The number of rotatable bonds is 2. The van der Waals surface area contributed by atoms with Crippen LogP contribution in [-0.4, -0.2) is 19.7 Å². The number of halogens is 1. The first-order valence-electron chi connectivity index (χ1n) is 5.14. The summed E-state index contributed by atoms with van der Waals surface area (Å²) in [6, 6.07) is 9.49. The molecule has 0 radical (unpaired) electrons. The lowest BCUT2D eigenvalue weighted by Crippen LogP contribution is -1.97. The minimum Gasteiger partial charge on any atom is -0.346 e. The number of nitrogens with one attached hydrogen (secondary N) is 1. The Kier molecular flexibility index (Phi) is 2.42. The maximum atomic E-state index is 5.83. The Hall–Kier alpha value is -2.07. The highest BCUT2D eigenvalue weighted by atomic mass is 35.5. The molecule has 3 aromatic heterocycles. The van der Waals surface area contributed by atoms with Gasteiger partial charge in [-0.15, -0.1) is 0 Å². The standard InChI is InChI=1S/C12H9ClN4/c13-11-4-3-10(16-11)9-2-5-12(14-8-9)17-7-1-6-15-17/h1-8,16H. The summed E-state index contributed by atoms with van der Waals surface area (Å²) in [4.78, 5) is 7.39. The summed E-state index contributed by atoms with van der Waals surface area (Å²) in [7, 11) is 0. The fourth-order valence-corrected chi connectivity index (χ4v) is 1.79. The van der Waals surface area contributed by atoms with Crippen LogP contribution in [-0.2, 0) is 0 Å². The van der Waals surface area contributed by atoms with Gasteiger partial charge < -0.3 is 4.98 Å². The minimum atomic E-state index is 0.621. The largest absolute Gasteiger partial charge is 0.346 e. The predicted molar refractivity (Wildman–Crippen MR) is 66.2 cm³/mol. The van der Waals surface area contributed by atoms with Crippen LogP contribution in [0, 0.1) is 0 Å². The molecule has 0 aliphatic heterocycles. The van der Waals surface area contributed by atoms with E-state index in [1.807, 2.05) is 36.5 Å². The average Bonchev–Trinajstić information content (AvgIpc) is 3.00. The van der Waals surface area contributed by atoms with Gasteiger partial charge in [-0.25, -0.2) is 9.67 Å². The average molecular weight is 245 g/mol. The van der Waals surface area contributed by atoms with E-state index in [1.54, 1.807) is 17.1 Å². The molecule has 0 amide bonds. The van der Waals surface area contributed by atoms with Crippen molar-refractivity contribution in [2.45, 2.75) is 0 Å². The molecule has 1 N–H and O–H groups in total. The molecule has 0 aromatic carbocycles. The first kappa shape index (κ1) is 10.1. The summed E-state index contributed by atoms with van der Waals surface area (Å²) < 4.78 is 1.71. The highest BCUT2D eigenvalue weighted by Crippen LogP contribution is 2.20. The van der Waals surface area contributed by atoms with Gasteiger partial charge in [0.1, 0.15) is 5.15 Å². The quantitative estimate of drug-likeness (QED) is 0.753. The molecular weight excluding hydrogens is 236 g/mol. The SMILES string of the molecule is Clc1ccc(-c2ccc(-n3cccn3)nc2)[nH]1. The first-order chi connectivity index (χ1) is 8.33. The van der Waals surface area contributed by atoms with Crippen molar-refractivity contribution in [3.63, 3.8) is 0 Å². The van der Waals surface area contributed by atoms with Crippen LogP contribution in [0.3, 0.4) is 0 Å². The van der Waals surface area contributed by atoms with Crippen LogP contribution >= 0.6 is 11.6 Å². The Morgan fingerprint density at radius 2 is 2.12 bits per heavy atom. The second-order valence-corrected chi connectivity index (χ2v) is 3.98. The van der Waals surface area contributed by atoms with E-state index in [0.29, 0.717) is 5.15 Å². The lowest BCUT2D eigenvalue weighted by molar-refractivity contribution is 0.847. The third-order valence-electron chi connectivity index (χ3n) is 2.45. The zero-order valence-electron chi connectivity index (χ0n) is 8.84. The van der Waals surface area contributed by atoms with Crippen LogP contribution in [0.15, 0.2) is 48.9 Å². The van der Waals surface area contributed by atoms with Gasteiger partial charge in [0.15, 0.2) is 5.82 Å². The lowest BCUT2D eigenvalue weighted by Gasteiger charge is -2.01. The van der Waals surface area contributed by atoms with Crippen LogP contribution in [0.1, 0.15) is 0 Å². The third kappa shape index (κ3) is 1.94. The summed E-state index contributed by atoms with van der Waals surface area (Å²) in [6.45, 7) is 0. The van der Waals surface area contributed by atoms with Crippen LogP contribution in [0.25, 0.3) is 17.1 Å². The van der Waals surface area contributed by atoms with Gasteiger partial charge in [-0.1, -0.05) is 11.6 Å². The minimum absolute atomic E-state index is 0.621. The van der Waals surface area contributed by atoms with Crippen molar-refractivity contribution >= 4 is 11.6 Å². The molecule has 0 spiro atoms. The molecule has 0 aliphatic rings. The number of nitrogens with zero attached hydrogens (tertiary/aromatic N) is 3. The Labute approximate surface area is 103 Å². The fraction of sp³-hybridized carbons (Fsp3) is 0. The molecule has 0 saturated carbocycles. The van der Waals surface area contributed by atoms with Gasteiger partial charge >= 0.3 is 0 Å². The van der Waals surface area contributed by atoms with Crippen LogP contribution in [0.2, 0.25) is 5.15 Å².